The van der Waals surface area contributed by atoms with Gasteiger partial charge in [-0.3, -0.25) is 9.59 Å². The average Bonchev–Trinajstić information content (AvgIpc) is 2.69. The zero-order chi connectivity index (χ0) is 18.4. The van der Waals surface area contributed by atoms with Crippen molar-refractivity contribution in [1.82, 2.24) is 15.2 Å². The second-order valence-electron chi connectivity index (χ2n) is 6.15. The van der Waals surface area contributed by atoms with E-state index in [0.717, 1.165) is 18.9 Å². The van der Waals surface area contributed by atoms with Crippen LogP contribution in [0.1, 0.15) is 16.8 Å². The summed E-state index contributed by atoms with van der Waals surface area (Å²) in [5.41, 5.74) is 6.65. The lowest BCUT2D eigenvalue weighted by Gasteiger charge is -2.35. The molecule has 1 aliphatic heterocycles. The molecule has 7 nitrogen and oxygen atoms in total. The molecule has 2 aromatic rings. The maximum Gasteiger partial charge on any atom is 0.253 e. The smallest absolute Gasteiger partial charge is 0.253 e. The number of nitrogens with two attached hydrogens (primary N) is 1. The van der Waals surface area contributed by atoms with E-state index in [1.54, 1.807) is 30.5 Å². The van der Waals surface area contributed by atoms with Gasteiger partial charge < -0.3 is 20.9 Å². The van der Waals surface area contributed by atoms with Crippen LogP contribution in [0.2, 0.25) is 0 Å². The lowest BCUT2D eigenvalue weighted by Crippen LogP contribution is -2.49. The molecule has 26 heavy (non-hydrogen) atoms. The highest BCUT2D eigenvalue weighted by Crippen LogP contribution is 2.13. The molecule has 2 amide bonds. The van der Waals surface area contributed by atoms with E-state index in [1.807, 2.05) is 23.1 Å². The normalized spacial score (nSPS) is 14.2. The van der Waals surface area contributed by atoms with Crippen LogP contribution >= 0.6 is 0 Å². The Morgan fingerprint density at radius 3 is 2.46 bits per heavy atom. The summed E-state index contributed by atoms with van der Waals surface area (Å²) in [7, 11) is 0. The monoisotopic (exact) mass is 353 g/mol. The number of para-hydroxylation sites is 1. The zero-order valence-electron chi connectivity index (χ0n) is 14.6. The molecule has 1 aromatic carbocycles. The quantitative estimate of drug-likeness (QED) is 0.787. The van der Waals surface area contributed by atoms with Gasteiger partial charge in [-0.05, 0) is 24.3 Å². The number of aromatic nitrogens is 1. The molecule has 0 radical (unpaired) electrons. The molecule has 0 bridgehead atoms. The third-order valence-electron chi connectivity index (χ3n) is 4.44. The van der Waals surface area contributed by atoms with Gasteiger partial charge in [-0.2, -0.15) is 0 Å². The second kappa shape index (κ2) is 8.33. The summed E-state index contributed by atoms with van der Waals surface area (Å²) < 4.78 is 0. The molecule has 1 aromatic heterocycles. The van der Waals surface area contributed by atoms with Gasteiger partial charge in [-0.15, -0.1) is 0 Å². The van der Waals surface area contributed by atoms with Crippen molar-refractivity contribution in [2.45, 2.75) is 6.42 Å². The molecule has 1 aliphatic rings. The van der Waals surface area contributed by atoms with Crippen LogP contribution < -0.4 is 16.0 Å². The summed E-state index contributed by atoms with van der Waals surface area (Å²) in [4.78, 5) is 32.8. The van der Waals surface area contributed by atoms with Crippen LogP contribution in [-0.4, -0.2) is 54.4 Å². The van der Waals surface area contributed by atoms with Crippen molar-refractivity contribution >= 4 is 23.3 Å². The highest BCUT2D eigenvalue weighted by atomic mass is 16.2. The number of pyridine rings is 1. The van der Waals surface area contributed by atoms with Crippen LogP contribution in [0.15, 0.2) is 48.7 Å². The van der Waals surface area contributed by atoms with Gasteiger partial charge in [-0.1, -0.05) is 18.2 Å². The Morgan fingerprint density at radius 2 is 1.77 bits per heavy atom. The number of amides is 2. The van der Waals surface area contributed by atoms with Crippen LogP contribution in [0, 0.1) is 0 Å². The minimum Gasteiger partial charge on any atom is -0.398 e. The first-order valence-corrected chi connectivity index (χ1v) is 8.71. The molecule has 3 rings (SSSR count). The predicted molar refractivity (Wildman–Crippen MR) is 101 cm³/mol. The summed E-state index contributed by atoms with van der Waals surface area (Å²) in [6, 6.07) is 12.7. The molecule has 0 saturated carbocycles. The molecule has 0 unspecified atom stereocenters. The third-order valence-corrected chi connectivity index (χ3v) is 4.44. The van der Waals surface area contributed by atoms with Gasteiger partial charge in [0.25, 0.3) is 5.91 Å². The maximum atomic E-state index is 12.3. The maximum absolute atomic E-state index is 12.3. The van der Waals surface area contributed by atoms with Crippen molar-refractivity contribution in [2.24, 2.45) is 0 Å². The number of carbonyl (C=O) groups excluding carboxylic acids is 2. The number of carbonyl (C=O) groups is 2. The van der Waals surface area contributed by atoms with Gasteiger partial charge in [0.1, 0.15) is 5.82 Å². The van der Waals surface area contributed by atoms with Gasteiger partial charge in [0.15, 0.2) is 0 Å². The molecule has 3 N–H and O–H groups in total. The van der Waals surface area contributed by atoms with Crippen LogP contribution in [0.3, 0.4) is 0 Å². The fourth-order valence-corrected chi connectivity index (χ4v) is 2.97. The third kappa shape index (κ3) is 4.30. The molecule has 136 valence electrons. The number of anilines is 2. The lowest BCUT2D eigenvalue weighted by atomic mass is 10.1. The first-order valence-electron chi connectivity index (χ1n) is 8.71. The SMILES string of the molecule is Nc1ccccc1C(=O)NCCC(=O)N1CCN(c2ccccn2)CC1. The molecule has 0 atom stereocenters. The van der Waals surface area contributed by atoms with E-state index in [0.29, 0.717) is 30.9 Å². The van der Waals surface area contributed by atoms with E-state index in [-0.39, 0.29) is 18.2 Å². The Bertz CT molecular complexity index is 758. The molecule has 0 aliphatic carbocycles. The van der Waals surface area contributed by atoms with Crippen LogP contribution in [0.5, 0.6) is 0 Å². The van der Waals surface area contributed by atoms with Crippen molar-refractivity contribution in [3.63, 3.8) is 0 Å². The van der Waals surface area contributed by atoms with E-state index in [9.17, 15) is 9.59 Å². The van der Waals surface area contributed by atoms with Crippen LogP contribution in [0.25, 0.3) is 0 Å². The topological polar surface area (TPSA) is 91.6 Å². The Kier molecular flexibility index (Phi) is 5.68. The summed E-state index contributed by atoms with van der Waals surface area (Å²) in [5, 5.41) is 2.76. The zero-order valence-corrected chi connectivity index (χ0v) is 14.6. The first-order chi connectivity index (χ1) is 12.6. The number of nitrogen functional groups attached to an aromatic ring is 1. The Labute approximate surface area is 152 Å². The summed E-state index contributed by atoms with van der Waals surface area (Å²) in [6.45, 7) is 3.14. The molecule has 1 fully saturated rings. The number of hydrogen-bond acceptors (Lipinski definition) is 5. The van der Waals surface area contributed by atoms with Gasteiger partial charge >= 0.3 is 0 Å². The first kappa shape index (κ1) is 17.7. The van der Waals surface area contributed by atoms with Crippen LogP contribution in [0.4, 0.5) is 11.5 Å². The highest BCUT2D eigenvalue weighted by molar-refractivity contribution is 5.99. The lowest BCUT2D eigenvalue weighted by molar-refractivity contribution is -0.131. The fraction of sp³-hybridized carbons (Fsp3) is 0.316. The predicted octanol–water partition coefficient (Wildman–Crippen LogP) is 1.13. The number of benzene rings is 1. The molecular weight excluding hydrogens is 330 g/mol. The van der Waals surface area contributed by atoms with E-state index in [4.69, 9.17) is 5.73 Å². The summed E-state index contributed by atoms with van der Waals surface area (Å²) in [6.07, 6.45) is 2.05. The molecule has 2 heterocycles. The van der Waals surface area contributed by atoms with E-state index >= 15 is 0 Å². The largest absolute Gasteiger partial charge is 0.398 e. The fourth-order valence-electron chi connectivity index (χ4n) is 2.97. The van der Waals surface area contributed by atoms with Gasteiger partial charge in [-0.25, -0.2) is 4.98 Å². The summed E-state index contributed by atoms with van der Waals surface area (Å²) in [5.74, 6) is 0.732. The van der Waals surface area contributed by atoms with Crippen molar-refractivity contribution < 1.29 is 9.59 Å². The van der Waals surface area contributed by atoms with E-state index in [2.05, 4.69) is 15.2 Å². The van der Waals surface area contributed by atoms with Gasteiger partial charge in [0.05, 0.1) is 5.56 Å². The van der Waals surface area contributed by atoms with E-state index < -0.39 is 0 Å². The van der Waals surface area contributed by atoms with Crippen molar-refractivity contribution in [2.75, 3.05) is 43.4 Å². The van der Waals surface area contributed by atoms with Crippen molar-refractivity contribution in [3.8, 4) is 0 Å². The Balaban J connectivity index is 1.42. The minimum absolute atomic E-state index is 0.0482. The summed E-state index contributed by atoms with van der Waals surface area (Å²) >= 11 is 0. The van der Waals surface area contributed by atoms with Gasteiger partial charge in [0.2, 0.25) is 5.91 Å². The Hall–Kier alpha value is -3.09. The van der Waals surface area contributed by atoms with Crippen LogP contribution in [-0.2, 0) is 4.79 Å². The number of piperazine rings is 1. The average molecular weight is 353 g/mol. The van der Waals surface area contributed by atoms with Crippen molar-refractivity contribution in [3.05, 3.63) is 54.2 Å². The number of rotatable bonds is 5. The number of nitrogens with one attached hydrogen (secondary N) is 1. The molecule has 7 heteroatoms. The Morgan fingerprint density at radius 1 is 1.04 bits per heavy atom. The van der Waals surface area contributed by atoms with E-state index in [1.165, 1.54) is 0 Å². The van der Waals surface area contributed by atoms with Gasteiger partial charge in [0, 0.05) is 51.0 Å². The molecule has 0 spiro atoms. The molecule has 1 saturated heterocycles. The minimum atomic E-state index is -0.254. The number of nitrogens with zero attached hydrogens (tertiary/aromatic N) is 3. The van der Waals surface area contributed by atoms with Crippen molar-refractivity contribution in [1.29, 1.82) is 0 Å². The number of hydrogen-bond donors (Lipinski definition) is 2. The standard InChI is InChI=1S/C19H23N5O2/c20-16-6-2-1-5-15(16)19(26)22-10-8-18(25)24-13-11-23(12-14-24)17-7-3-4-9-21-17/h1-7,9H,8,10-14,20H2,(H,22,26). The highest BCUT2D eigenvalue weighted by Gasteiger charge is 2.21. The molecular formula is C19H23N5O2. The second-order valence-corrected chi connectivity index (χ2v) is 6.15.